The highest BCUT2D eigenvalue weighted by atomic mass is 16.6. The molecule has 0 unspecified atom stereocenters. The molecule has 0 atom stereocenters. The van der Waals surface area contributed by atoms with Gasteiger partial charge in [-0.25, -0.2) is 0 Å². The molecule has 1 aliphatic carbocycles. The van der Waals surface area contributed by atoms with Crippen molar-refractivity contribution in [2.75, 3.05) is 0 Å². The van der Waals surface area contributed by atoms with Crippen LogP contribution in [0.5, 0.6) is 5.75 Å². The molecule has 5 heteroatoms. The van der Waals surface area contributed by atoms with E-state index in [9.17, 15) is 15.2 Å². The van der Waals surface area contributed by atoms with Crippen molar-refractivity contribution < 1.29 is 10.0 Å². The van der Waals surface area contributed by atoms with Gasteiger partial charge in [0.25, 0.3) is 5.69 Å². The summed E-state index contributed by atoms with van der Waals surface area (Å²) in [6.45, 7) is 3.77. The Morgan fingerprint density at radius 1 is 1.47 bits per heavy atom. The number of benzene rings is 1. The Morgan fingerprint density at radius 2 is 2.06 bits per heavy atom. The number of phenols is 1. The number of hydrogen-bond acceptors (Lipinski definition) is 4. The van der Waals surface area contributed by atoms with Gasteiger partial charge in [0, 0.05) is 28.7 Å². The first kappa shape index (κ1) is 11.9. The summed E-state index contributed by atoms with van der Waals surface area (Å²) >= 11 is 0. The fourth-order valence-corrected chi connectivity index (χ4v) is 2.41. The first-order chi connectivity index (χ1) is 7.78. The van der Waals surface area contributed by atoms with E-state index >= 15 is 0 Å². The van der Waals surface area contributed by atoms with Crippen molar-refractivity contribution in [3.63, 3.8) is 0 Å². The minimum absolute atomic E-state index is 0.00618. The van der Waals surface area contributed by atoms with Crippen LogP contribution < -0.4 is 5.73 Å². The van der Waals surface area contributed by atoms with E-state index in [0.29, 0.717) is 5.56 Å². The molecule has 1 aromatic carbocycles. The van der Waals surface area contributed by atoms with Crippen molar-refractivity contribution in [2.45, 2.75) is 37.6 Å². The predicted molar refractivity (Wildman–Crippen MR) is 63.9 cm³/mol. The Kier molecular flexibility index (Phi) is 2.39. The van der Waals surface area contributed by atoms with Gasteiger partial charge < -0.3 is 10.8 Å². The number of rotatable bonds is 3. The van der Waals surface area contributed by atoms with Gasteiger partial charge in [-0.3, -0.25) is 10.1 Å². The van der Waals surface area contributed by atoms with Crippen molar-refractivity contribution >= 4 is 5.69 Å². The Labute approximate surface area is 99.4 Å². The molecule has 0 aromatic heterocycles. The standard InChI is InChI=1S/C12H16N2O3/c1-11(2,13)12(5-6-12)9-7-8(14(16)17)3-4-10(9)15/h3-4,7,15H,5-6,13H2,1-2H3. The van der Waals surface area contributed by atoms with Crippen LogP contribution in [-0.2, 0) is 5.41 Å². The third-order valence-corrected chi connectivity index (χ3v) is 3.69. The third-order valence-electron chi connectivity index (χ3n) is 3.69. The first-order valence-electron chi connectivity index (χ1n) is 5.55. The number of hydrogen-bond donors (Lipinski definition) is 2. The zero-order chi connectivity index (χ0) is 12.8. The molecule has 1 aromatic rings. The second kappa shape index (κ2) is 3.43. The Morgan fingerprint density at radius 3 is 2.47 bits per heavy atom. The highest BCUT2D eigenvalue weighted by molar-refractivity contribution is 5.51. The minimum atomic E-state index is -0.500. The topological polar surface area (TPSA) is 89.4 Å². The number of aromatic hydroxyl groups is 1. The first-order valence-corrected chi connectivity index (χ1v) is 5.55. The Bertz CT molecular complexity index is 473. The van der Waals surface area contributed by atoms with Gasteiger partial charge in [-0.05, 0) is 32.8 Å². The van der Waals surface area contributed by atoms with Gasteiger partial charge in [0.2, 0.25) is 0 Å². The molecule has 3 N–H and O–H groups in total. The van der Waals surface area contributed by atoms with Crippen molar-refractivity contribution in [1.82, 2.24) is 0 Å². The molecule has 0 heterocycles. The maximum absolute atomic E-state index is 10.8. The second-order valence-electron chi connectivity index (χ2n) is 5.26. The average molecular weight is 236 g/mol. The van der Waals surface area contributed by atoms with E-state index in [1.54, 1.807) is 0 Å². The molecule has 0 amide bonds. The number of nitro groups is 1. The molecular weight excluding hydrogens is 220 g/mol. The predicted octanol–water partition coefficient (Wildman–Crippen LogP) is 2.07. The monoisotopic (exact) mass is 236 g/mol. The molecule has 1 aliphatic rings. The lowest BCUT2D eigenvalue weighted by atomic mass is 9.78. The lowest BCUT2D eigenvalue weighted by Gasteiger charge is -2.31. The van der Waals surface area contributed by atoms with Crippen molar-refractivity contribution in [1.29, 1.82) is 0 Å². The fraction of sp³-hybridized carbons (Fsp3) is 0.500. The summed E-state index contributed by atoms with van der Waals surface area (Å²) < 4.78 is 0. The highest BCUT2D eigenvalue weighted by Gasteiger charge is 2.55. The smallest absolute Gasteiger partial charge is 0.269 e. The quantitative estimate of drug-likeness (QED) is 0.621. The Hall–Kier alpha value is -1.62. The second-order valence-corrected chi connectivity index (χ2v) is 5.26. The number of nitrogens with zero attached hydrogens (tertiary/aromatic N) is 1. The highest BCUT2D eigenvalue weighted by Crippen LogP contribution is 2.57. The molecule has 5 nitrogen and oxygen atoms in total. The van der Waals surface area contributed by atoms with Crippen LogP contribution in [0, 0.1) is 10.1 Å². The zero-order valence-corrected chi connectivity index (χ0v) is 9.93. The maximum atomic E-state index is 10.8. The van der Waals surface area contributed by atoms with Crippen LogP contribution in [-0.4, -0.2) is 15.6 Å². The van der Waals surface area contributed by atoms with E-state index in [1.165, 1.54) is 18.2 Å². The molecule has 1 saturated carbocycles. The molecular formula is C12H16N2O3. The summed E-state index contributed by atoms with van der Waals surface area (Å²) in [5.41, 5.74) is 5.88. The van der Waals surface area contributed by atoms with Crippen LogP contribution in [0.3, 0.4) is 0 Å². The molecule has 0 radical (unpaired) electrons. The number of nitrogens with two attached hydrogens (primary N) is 1. The molecule has 2 rings (SSSR count). The average Bonchev–Trinajstić information content (AvgIpc) is 2.97. The number of nitro benzene ring substituents is 1. The van der Waals surface area contributed by atoms with Crippen molar-refractivity contribution in [2.24, 2.45) is 5.73 Å². The van der Waals surface area contributed by atoms with Crippen molar-refractivity contribution in [3.8, 4) is 5.75 Å². The van der Waals surface area contributed by atoms with E-state index in [1.807, 2.05) is 13.8 Å². The van der Waals surface area contributed by atoms with E-state index in [2.05, 4.69) is 0 Å². The van der Waals surface area contributed by atoms with Gasteiger partial charge in [0.15, 0.2) is 0 Å². The molecule has 17 heavy (non-hydrogen) atoms. The van der Waals surface area contributed by atoms with Gasteiger partial charge in [-0.15, -0.1) is 0 Å². The summed E-state index contributed by atoms with van der Waals surface area (Å²) in [5, 5.41) is 20.6. The zero-order valence-electron chi connectivity index (χ0n) is 9.93. The molecule has 1 fully saturated rings. The minimum Gasteiger partial charge on any atom is -0.508 e. The summed E-state index contributed by atoms with van der Waals surface area (Å²) in [5.74, 6) is 0.0895. The number of phenolic OH excluding ortho intramolecular Hbond substituents is 1. The molecule has 0 bridgehead atoms. The van der Waals surface area contributed by atoms with Crippen LogP contribution in [0.2, 0.25) is 0 Å². The van der Waals surface area contributed by atoms with Crippen LogP contribution in [0.25, 0.3) is 0 Å². The van der Waals surface area contributed by atoms with Crippen LogP contribution >= 0.6 is 0 Å². The summed E-state index contributed by atoms with van der Waals surface area (Å²) in [6.07, 6.45) is 1.70. The van der Waals surface area contributed by atoms with Gasteiger partial charge in [0.1, 0.15) is 5.75 Å². The fourth-order valence-electron chi connectivity index (χ4n) is 2.41. The van der Waals surface area contributed by atoms with Crippen molar-refractivity contribution in [3.05, 3.63) is 33.9 Å². The molecule has 0 spiro atoms. The lowest BCUT2D eigenvalue weighted by molar-refractivity contribution is -0.385. The number of non-ortho nitro benzene ring substituents is 1. The summed E-state index contributed by atoms with van der Waals surface area (Å²) in [7, 11) is 0. The third kappa shape index (κ3) is 1.76. The van der Waals surface area contributed by atoms with E-state index in [0.717, 1.165) is 12.8 Å². The Balaban J connectivity index is 2.52. The van der Waals surface area contributed by atoms with Crippen LogP contribution in [0.1, 0.15) is 32.3 Å². The summed E-state index contributed by atoms with van der Waals surface area (Å²) in [6, 6.07) is 4.12. The van der Waals surface area contributed by atoms with E-state index < -0.39 is 10.5 Å². The van der Waals surface area contributed by atoms with Gasteiger partial charge in [-0.2, -0.15) is 0 Å². The van der Waals surface area contributed by atoms with Gasteiger partial charge in [-0.1, -0.05) is 0 Å². The van der Waals surface area contributed by atoms with E-state index in [-0.39, 0.29) is 16.9 Å². The van der Waals surface area contributed by atoms with Gasteiger partial charge >= 0.3 is 0 Å². The molecule has 0 saturated heterocycles. The lowest BCUT2D eigenvalue weighted by Crippen LogP contribution is -2.45. The van der Waals surface area contributed by atoms with E-state index in [4.69, 9.17) is 5.73 Å². The summed E-state index contributed by atoms with van der Waals surface area (Å²) in [4.78, 5) is 10.3. The maximum Gasteiger partial charge on any atom is 0.269 e. The van der Waals surface area contributed by atoms with Gasteiger partial charge in [0.05, 0.1) is 4.92 Å². The molecule has 92 valence electrons. The van der Waals surface area contributed by atoms with Crippen LogP contribution in [0.4, 0.5) is 5.69 Å². The normalized spacial score (nSPS) is 17.8. The molecule has 0 aliphatic heterocycles. The van der Waals surface area contributed by atoms with Crippen LogP contribution in [0.15, 0.2) is 18.2 Å². The SMILES string of the molecule is CC(C)(N)C1(c2cc([N+](=O)[O-])ccc2O)CC1. The largest absolute Gasteiger partial charge is 0.508 e.